The fourth-order valence-electron chi connectivity index (χ4n) is 2.41. The number of aromatic carboxylic acids is 1. The van der Waals surface area contributed by atoms with Crippen LogP contribution in [-0.2, 0) is 0 Å². The van der Waals surface area contributed by atoms with Gasteiger partial charge < -0.3 is 14.8 Å². The molecule has 0 saturated heterocycles. The molecule has 3 rings (SSSR count). The maximum absolute atomic E-state index is 11.1. The quantitative estimate of drug-likeness (QED) is 0.590. The van der Waals surface area contributed by atoms with Gasteiger partial charge in [-0.1, -0.05) is 29.3 Å². The number of H-pyrrole nitrogens is 1. The van der Waals surface area contributed by atoms with Crippen LogP contribution in [0.5, 0.6) is 5.75 Å². The Bertz CT molecular complexity index is 889. The molecule has 0 unspecified atom stereocenters. The van der Waals surface area contributed by atoms with E-state index in [-0.39, 0.29) is 5.56 Å². The number of carboxylic acid groups (broad SMARTS) is 1. The topological polar surface area (TPSA) is 75.2 Å². The van der Waals surface area contributed by atoms with E-state index in [1.807, 2.05) is 18.2 Å². The SMILES string of the molecule is CCCCOc1ccc(Br)cc1-c1nc2ccc(C(=O)O)cc2[nH]1. The van der Waals surface area contributed by atoms with E-state index in [4.69, 9.17) is 9.84 Å². The Kier molecular flexibility index (Phi) is 4.85. The zero-order valence-corrected chi connectivity index (χ0v) is 14.8. The number of hydrogen-bond donors (Lipinski definition) is 2. The summed E-state index contributed by atoms with van der Waals surface area (Å²) in [4.78, 5) is 18.9. The van der Waals surface area contributed by atoms with Crippen molar-refractivity contribution in [1.82, 2.24) is 9.97 Å². The highest BCUT2D eigenvalue weighted by atomic mass is 79.9. The van der Waals surface area contributed by atoms with Crippen molar-refractivity contribution in [3.8, 4) is 17.1 Å². The number of imidazole rings is 1. The molecule has 0 saturated carbocycles. The second-order valence-electron chi connectivity index (χ2n) is 5.46. The predicted octanol–water partition coefficient (Wildman–Crippen LogP) is 4.87. The van der Waals surface area contributed by atoms with E-state index in [9.17, 15) is 4.79 Å². The molecular weight excluding hydrogens is 372 g/mol. The van der Waals surface area contributed by atoms with Gasteiger partial charge in [0.2, 0.25) is 0 Å². The van der Waals surface area contributed by atoms with E-state index in [0.717, 1.165) is 34.1 Å². The molecule has 0 atom stereocenters. The number of aromatic nitrogens is 2. The summed E-state index contributed by atoms with van der Waals surface area (Å²) in [6, 6.07) is 10.6. The number of unbranched alkanes of at least 4 members (excludes halogenated alkanes) is 1. The molecule has 0 bridgehead atoms. The smallest absolute Gasteiger partial charge is 0.335 e. The summed E-state index contributed by atoms with van der Waals surface area (Å²) in [6.07, 6.45) is 2.05. The lowest BCUT2D eigenvalue weighted by Gasteiger charge is -2.10. The molecule has 0 aliphatic carbocycles. The lowest BCUT2D eigenvalue weighted by molar-refractivity contribution is 0.0697. The molecule has 5 nitrogen and oxygen atoms in total. The number of nitrogens with zero attached hydrogens (tertiary/aromatic N) is 1. The number of carboxylic acids is 1. The average Bonchev–Trinajstić information content (AvgIpc) is 2.99. The van der Waals surface area contributed by atoms with E-state index in [2.05, 4.69) is 32.8 Å². The van der Waals surface area contributed by atoms with Crippen LogP contribution in [0, 0.1) is 0 Å². The first-order chi connectivity index (χ1) is 11.6. The fourth-order valence-corrected chi connectivity index (χ4v) is 2.77. The minimum atomic E-state index is -0.959. The minimum Gasteiger partial charge on any atom is -0.493 e. The van der Waals surface area contributed by atoms with Crippen molar-refractivity contribution in [3.63, 3.8) is 0 Å². The lowest BCUT2D eigenvalue weighted by atomic mass is 10.2. The van der Waals surface area contributed by atoms with Crippen molar-refractivity contribution in [1.29, 1.82) is 0 Å². The maximum atomic E-state index is 11.1. The van der Waals surface area contributed by atoms with Gasteiger partial charge in [0.05, 0.1) is 28.8 Å². The number of aromatic amines is 1. The van der Waals surface area contributed by atoms with Gasteiger partial charge in [-0.15, -0.1) is 0 Å². The molecule has 0 aliphatic rings. The van der Waals surface area contributed by atoms with Crippen LogP contribution in [-0.4, -0.2) is 27.7 Å². The first-order valence-electron chi connectivity index (χ1n) is 7.74. The molecular formula is C18H17BrN2O3. The van der Waals surface area contributed by atoms with E-state index >= 15 is 0 Å². The Balaban J connectivity index is 2.02. The number of nitrogens with one attached hydrogen (secondary N) is 1. The van der Waals surface area contributed by atoms with Gasteiger partial charge >= 0.3 is 5.97 Å². The molecule has 1 aromatic heterocycles. The van der Waals surface area contributed by atoms with Crippen molar-refractivity contribution in [2.45, 2.75) is 19.8 Å². The van der Waals surface area contributed by atoms with Gasteiger partial charge in [0.15, 0.2) is 0 Å². The largest absolute Gasteiger partial charge is 0.493 e. The van der Waals surface area contributed by atoms with Crippen LogP contribution in [0.25, 0.3) is 22.4 Å². The molecule has 0 spiro atoms. The summed E-state index contributed by atoms with van der Waals surface area (Å²) in [5, 5.41) is 9.11. The van der Waals surface area contributed by atoms with Crippen LogP contribution >= 0.6 is 15.9 Å². The number of fused-ring (bicyclic) bond motifs is 1. The van der Waals surface area contributed by atoms with Gasteiger partial charge in [0.1, 0.15) is 11.6 Å². The first kappa shape index (κ1) is 16.5. The van der Waals surface area contributed by atoms with E-state index in [1.165, 1.54) is 0 Å². The van der Waals surface area contributed by atoms with Crippen molar-refractivity contribution >= 4 is 32.9 Å². The van der Waals surface area contributed by atoms with Crippen LogP contribution in [0.2, 0.25) is 0 Å². The maximum Gasteiger partial charge on any atom is 0.335 e. The first-order valence-corrected chi connectivity index (χ1v) is 8.53. The molecule has 0 amide bonds. The van der Waals surface area contributed by atoms with Gasteiger partial charge in [-0.25, -0.2) is 9.78 Å². The number of rotatable bonds is 6. The van der Waals surface area contributed by atoms with Crippen LogP contribution in [0.3, 0.4) is 0 Å². The Labute approximate surface area is 147 Å². The molecule has 0 aliphatic heterocycles. The highest BCUT2D eigenvalue weighted by molar-refractivity contribution is 9.10. The summed E-state index contributed by atoms with van der Waals surface area (Å²) >= 11 is 3.48. The molecule has 3 aromatic rings. The normalized spacial score (nSPS) is 10.9. The number of hydrogen-bond acceptors (Lipinski definition) is 3. The Morgan fingerprint density at radius 3 is 2.88 bits per heavy atom. The van der Waals surface area contributed by atoms with E-state index in [1.54, 1.807) is 18.2 Å². The summed E-state index contributed by atoms with van der Waals surface area (Å²) in [5.74, 6) is 0.448. The molecule has 2 aromatic carbocycles. The second-order valence-corrected chi connectivity index (χ2v) is 6.38. The number of carbonyl (C=O) groups is 1. The number of ether oxygens (including phenoxy) is 1. The molecule has 1 heterocycles. The Morgan fingerprint density at radius 1 is 1.29 bits per heavy atom. The third kappa shape index (κ3) is 3.43. The van der Waals surface area contributed by atoms with Crippen molar-refractivity contribution in [2.24, 2.45) is 0 Å². The molecule has 2 N–H and O–H groups in total. The summed E-state index contributed by atoms with van der Waals surface area (Å²) < 4.78 is 6.79. The summed E-state index contributed by atoms with van der Waals surface area (Å²) in [6.45, 7) is 2.76. The number of benzene rings is 2. The van der Waals surface area contributed by atoms with Crippen LogP contribution < -0.4 is 4.74 Å². The van der Waals surface area contributed by atoms with Gasteiger partial charge in [0, 0.05) is 4.47 Å². The van der Waals surface area contributed by atoms with Gasteiger partial charge in [-0.3, -0.25) is 0 Å². The molecule has 24 heavy (non-hydrogen) atoms. The fraction of sp³-hybridized carbons (Fsp3) is 0.222. The average molecular weight is 389 g/mol. The summed E-state index contributed by atoms with van der Waals surface area (Å²) in [5.41, 5.74) is 2.47. The standard InChI is InChI=1S/C18H17BrN2O3/c1-2-3-8-24-16-7-5-12(19)10-13(16)17-20-14-6-4-11(18(22)23)9-15(14)21-17/h4-7,9-10H,2-3,8H2,1H3,(H,20,21)(H,22,23). The summed E-state index contributed by atoms with van der Waals surface area (Å²) in [7, 11) is 0. The number of halogens is 1. The van der Waals surface area contributed by atoms with Crippen LogP contribution in [0.4, 0.5) is 0 Å². The Morgan fingerprint density at radius 2 is 2.12 bits per heavy atom. The van der Waals surface area contributed by atoms with Crippen molar-refractivity contribution in [3.05, 3.63) is 46.4 Å². The zero-order valence-electron chi connectivity index (χ0n) is 13.2. The second kappa shape index (κ2) is 7.05. The lowest BCUT2D eigenvalue weighted by Crippen LogP contribution is -1.98. The Hall–Kier alpha value is -2.34. The molecule has 6 heteroatoms. The van der Waals surface area contributed by atoms with E-state index in [0.29, 0.717) is 17.9 Å². The molecule has 0 radical (unpaired) electrons. The van der Waals surface area contributed by atoms with Gasteiger partial charge in [0.25, 0.3) is 0 Å². The molecule has 124 valence electrons. The highest BCUT2D eigenvalue weighted by Gasteiger charge is 2.13. The van der Waals surface area contributed by atoms with Crippen molar-refractivity contribution in [2.75, 3.05) is 6.61 Å². The predicted molar refractivity (Wildman–Crippen MR) is 96.6 cm³/mol. The van der Waals surface area contributed by atoms with E-state index < -0.39 is 5.97 Å². The third-order valence-electron chi connectivity index (χ3n) is 3.68. The highest BCUT2D eigenvalue weighted by Crippen LogP contribution is 2.32. The van der Waals surface area contributed by atoms with Gasteiger partial charge in [-0.2, -0.15) is 0 Å². The van der Waals surface area contributed by atoms with Gasteiger partial charge in [-0.05, 0) is 42.8 Å². The minimum absolute atomic E-state index is 0.228. The monoisotopic (exact) mass is 388 g/mol. The zero-order chi connectivity index (χ0) is 17.1. The van der Waals surface area contributed by atoms with Crippen molar-refractivity contribution < 1.29 is 14.6 Å². The third-order valence-corrected chi connectivity index (χ3v) is 4.17. The van der Waals surface area contributed by atoms with Crippen LogP contribution in [0.15, 0.2) is 40.9 Å². The molecule has 0 fully saturated rings. The van der Waals surface area contributed by atoms with Crippen LogP contribution in [0.1, 0.15) is 30.1 Å².